The number of carbonyl (C=O) groups excluding carboxylic acids is 3. The number of amides is 2. The number of nitrogen functional groups attached to an aromatic ring is 1. The molecule has 0 aromatic carbocycles. The van der Waals surface area contributed by atoms with Crippen LogP contribution >= 0.6 is 35.2 Å². The number of allylic oxidation sites excluding steroid dienone is 1. The molecule has 2 amide bonds. The smallest absolute Gasteiger partial charge is 0.481 e. The zero-order valence-electron chi connectivity index (χ0n) is 30.0. The van der Waals surface area contributed by atoms with Gasteiger partial charge in [-0.25, -0.2) is 28.6 Å². The van der Waals surface area contributed by atoms with Gasteiger partial charge in [-0.1, -0.05) is 31.7 Å². The minimum Gasteiger partial charge on any atom is -0.481 e. The Balaban J connectivity index is 1.47. The van der Waals surface area contributed by atoms with E-state index in [0.29, 0.717) is 0 Å². The number of fused-ring (bicyclic) bond motifs is 1. The van der Waals surface area contributed by atoms with E-state index in [9.17, 15) is 62.7 Å². The summed E-state index contributed by atoms with van der Waals surface area (Å²) >= 11 is 0.895. The second kappa shape index (κ2) is 20.6. The summed E-state index contributed by atoms with van der Waals surface area (Å²) < 4.78 is 62.0. The number of carbonyl (C=O) groups is 4. The summed E-state index contributed by atoms with van der Waals surface area (Å²) in [7, 11) is -16.4. The predicted molar refractivity (Wildman–Crippen MR) is 193 cm³/mol. The van der Waals surface area contributed by atoms with Crippen molar-refractivity contribution in [2.45, 2.75) is 63.8 Å². The van der Waals surface area contributed by atoms with Crippen LogP contribution in [-0.2, 0) is 55.5 Å². The molecule has 0 bridgehead atoms. The van der Waals surface area contributed by atoms with E-state index in [4.69, 9.17) is 24.6 Å². The van der Waals surface area contributed by atoms with Crippen molar-refractivity contribution in [1.29, 1.82) is 0 Å². The topological polar surface area (TPSA) is 401 Å². The molecule has 26 nitrogen and oxygen atoms in total. The fraction of sp³-hybridized carbons (Fsp3) is 0.593. The number of nitrogens with one attached hydrogen (secondary N) is 2. The second-order valence-corrected chi connectivity index (χ2v) is 17.9. The Kier molecular flexibility index (Phi) is 17.4. The largest absolute Gasteiger partial charge is 0.481 e. The number of carboxylic acid groups (broad SMARTS) is 1. The number of carboxylic acids is 1. The highest BCUT2D eigenvalue weighted by Crippen LogP contribution is 2.61. The van der Waals surface area contributed by atoms with E-state index in [1.807, 2.05) is 0 Å². The summed E-state index contributed by atoms with van der Waals surface area (Å²) in [6.45, 7) is 0.257. The molecule has 1 fully saturated rings. The van der Waals surface area contributed by atoms with Crippen molar-refractivity contribution in [2.75, 3.05) is 37.8 Å². The summed E-state index contributed by atoms with van der Waals surface area (Å²) in [6, 6.07) is 0. The standard InChI is InChI=1S/C27H42N7O19P3S/c1-27(2,22(40)25(41)30-8-7-16(35)29-9-10-57-18(38)6-4-3-5-17(36)37)12-50-56(47,48)53-55(45,46)49-11-15-21(52-54(42,43)44)20(39)26(51-15)34-14-33-19-23(28)31-13-32-24(19)34/h4,6,13-15,20-22,26,39-40H,3,5,7-12H2,1-2H3,(H,29,35)(H,30,41)(H,36,37)(H,45,46)(H,47,48)(H2,28,31,32)(H2,42,43,44)/t15-,20-,21-,22?,26-/m1/s1. The molecule has 0 radical (unpaired) electrons. The van der Waals surface area contributed by atoms with Crippen LogP contribution in [0.25, 0.3) is 11.2 Å². The fourth-order valence-electron chi connectivity index (χ4n) is 4.72. The highest BCUT2D eigenvalue weighted by atomic mass is 32.2. The first-order valence-electron chi connectivity index (χ1n) is 16.4. The van der Waals surface area contributed by atoms with Crippen molar-refractivity contribution < 1.29 is 90.4 Å². The van der Waals surface area contributed by atoms with Gasteiger partial charge in [0, 0.05) is 37.1 Å². The average molecular weight is 894 g/mol. The third-order valence-electron chi connectivity index (χ3n) is 7.52. The number of phosphoric acid groups is 3. The van der Waals surface area contributed by atoms with Gasteiger partial charge in [0.1, 0.15) is 36.3 Å². The van der Waals surface area contributed by atoms with Gasteiger partial charge in [-0.15, -0.1) is 0 Å². The van der Waals surface area contributed by atoms with Gasteiger partial charge in [0.15, 0.2) is 17.7 Å². The molecule has 57 heavy (non-hydrogen) atoms. The molecule has 11 N–H and O–H groups in total. The number of phosphoric ester groups is 3. The number of nitrogens with zero attached hydrogens (tertiary/aromatic N) is 4. The van der Waals surface area contributed by atoms with Crippen molar-refractivity contribution in [1.82, 2.24) is 30.2 Å². The van der Waals surface area contributed by atoms with Crippen molar-refractivity contribution in [3.05, 3.63) is 24.8 Å². The molecular weight excluding hydrogens is 851 g/mol. The average Bonchev–Trinajstić information content (AvgIpc) is 3.66. The number of thioether (sulfide) groups is 1. The maximum atomic E-state index is 12.7. The molecule has 3 unspecified atom stereocenters. The summed E-state index contributed by atoms with van der Waals surface area (Å²) in [5.41, 5.74) is 4.21. The van der Waals surface area contributed by atoms with E-state index in [1.165, 1.54) is 26.0 Å². The molecule has 1 aliphatic heterocycles. The van der Waals surface area contributed by atoms with Gasteiger partial charge in [0.25, 0.3) is 0 Å². The molecular formula is C27H42N7O19P3S. The summed E-state index contributed by atoms with van der Waals surface area (Å²) in [5, 5.41) is 34.5. The van der Waals surface area contributed by atoms with Crippen LogP contribution in [0.2, 0.25) is 0 Å². The Morgan fingerprint density at radius 1 is 1.05 bits per heavy atom. The number of imidazole rings is 1. The van der Waals surface area contributed by atoms with E-state index in [2.05, 4.69) is 34.4 Å². The summed E-state index contributed by atoms with van der Waals surface area (Å²) in [5.74, 6) is -2.34. The lowest BCUT2D eigenvalue weighted by Gasteiger charge is -2.30. The van der Waals surface area contributed by atoms with Gasteiger partial charge >= 0.3 is 29.4 Å². The lowest BCUT2D eigenvalue weighted by atomic mass is 9.87. The van der Waals surface area contributed by atoms with E-state index in [-0.39, 0.29) is 60.2 Å². The van der Waals surface area contributed by atoms with Gasteiger partial charge in [0.2, 0.25) is 16.9 Å². The van der Waals surface area contributed by atoms with Crippen LogP contribution < -0.4 is 16.4 Å². The normalized spacial score (nSPS) is 21.5. The molecule has 2 aromatic heterocycles. The van der Waals surface area contributed by atoms with Crippen LogP contribution in [0.3, 0.4) is 0 Å². The van der Waals surface area contributed by atoms with Crippen LogP contribution in [0.15, 0.2) is 24.8 Å². The van der Waals surface area contributed by atoms with Crippen LogP contribution in [-0.4, -0.2) is 134 Å². The number of hydrogen-bond acceptors (Lipinski definition) is 19. The number of aliphatic hydroxyl groups is 2. The molecule has 1 aliphatic rings. The van der Waals surface area contributed by atoms with Crippen LogP contribution in [0, 0.1) is 5.41 Å². The monoisotopic (exact) mass is 893 g/mol. The maximum Gasteiger partial charge on any atom is 0.481 e. The molecule has 320 valence electrons. The number of aliphatic hydroxyl groups excluding tert-OH is 2. The molecule has 7 atom stereocenters. The molecule has 30 heteroatoms. The third-order valence-corrected chi connectivity index (χ3v) is 11.5. The first kappa shape index (κ1) is 48.1. The zero-order valence-corrected chi connectivity index (χ0v) is 33.5. The van der Waals surface area contributed by atoms with Gasteiger partial charge < -0.3 is 56.0 Å². The SMILES string of the molecule is CC(C)(COP(=O)(O)OP(=O)(O)OC[C@H]1O[C@@H](n2cnc3c(N)ncnc32)[C@H](O)[C@@H]1OP(=O)(O)O)C(O)C(=O)NCCC(=O)NCCSC(=O)C=CCCC(=O)O. The Morgan fingerprint density at radius 2 is 1.74 bits per heavy atom. The Morgan fingerprint density at radius 3 is 2.40 bits per heavy atom. The molecule has 0 saturated carbocycles. The number of anilines is 1. The highest BCUT2D eigenvalue weighted by Gasteiger charge is 2.50. The lowest BCUT2D eigenvalue weighted by molar-refractivity contribution is -0.137. The first-order chi connectivity index (χ1) is 26.4. The fourth-order valence-corrected chi connectivity index (χ4v) is 8.14. The van der Waals surface area contributed by atoms with Gasteiger partial charge in [-0.2, -0.15) is 4.31 Å². The van der Waals surface area contributed by atoms with E-state index >= 15 is 0 Å². The first-order valence-corrected chi connectivity index (χ1v) is 21.9. The highest BCUT2D eigenvalue weighted by molar-refractivity contribution is 8.14. The van der Waals surface area contributed by atoms with E-state index < -0.39 is 90.5 Å². The number of aromatic nitrogens is 4. The Hall–Kier alpha value is -3.23. The van der Waals surface area contributed by atoms with Crippen molar-refractivity contribution in [2.24, 2.45) is 5.41 Å². The number of aliphatic carboxylic acids is 1. The van der Waals surface area contributed by atoms with Gasteiger partial charge in [-0.05, 0) is 12.5 Å². The number of ether oxygens (including phenoxy) is 1. The van der Waals surface area contributed by atoms with Gasteiger partial charge in [-0.3, -0.25) is 37.3 Å². The lowest BCUT2D eigenvalue weighted by Crippen LogP contribution is -2.46. The molecule has 0 spiro atoms. The number of nitrogens with two attached hydrogens (primary N) is 1. The van der Waals surface area contributed by atoms with Crippen molar-refractivity contribution >= 4 is 75.1 Å². The molecule has 3 rings (SSSR count). The third kappa shape index (κ3) is 15.5. The summed E-state index contributed by atoms with van der Waals surface area (Å²) in [4.78, 5) is 97.6. The molecule has 2 aromatic rings. The zero-order chi connectivity index (χ0) is 42.8. The Bertz CT molecular complexity index is 1930. The van der Waals surface area contributed by atoms with Crippen molar-refractivity contribution in [3.8, 4) is 0 Å². The van der Waals surface area contributed by atoms with Crippen LogP contribution in [0.4, 0.5) is 5.82 Å². The molecule has 1 saturated heterocycles. The molecule has 3 heterocycles. The van der Waals surface area contributed by atoms with Crippen LogP contribution in [0.5, 0.6) is 0 Å². The van der Waals surface area contributed by atoms with E-state index in [1.54, 1.807) is 0 Å². The predicted octanol–water partition coefficient (Wildman–Crippen LogP) is -0.914. The minimum absolute atomic E-state index is 0.0202. The van der Waals surface area contributed by atoms with Crippen LogP contribution in [0.1, 0.15) is 39.3 Å². The summed E-state index contributed by atoms with van der Waals surface area (Å²) in [6.07, 6.45) is -4.33. The second-order valence-electron chi connectivity index (χ2n) is 12.6. The quantitative estimate of drug-likeness (QED) is 0.0366. The van der Waals surface area contributed by atoms with Gasteiger partial charge in [0.05, 0.1) is 19.5 Å². The van der Waals surface area contributed by atoms with Crippen molar-refractivity contribution in [3.63, 3.8) is 0 Å². The maximum absolute atomic E-state index is 12.7. The van der Waals surface area contributed by atoms with E-state index in [0.717, 1.165) is 29.0 Å². The molecule has 0 aliphatic carbocycles. The number of hydrogen-bond donors (Lipinski definition) is 10. The number of rotatable bonds is 23. The minimum atomic E-state index is -5.59. The Labute approximate surface area is 327 Å².